The van der Waals surface area contributed by atoms with Gasteiger partial charge in [0, 0.05) is 16.8 Å². The Morgan fingerprint density at radius 1 is 0.971 bits per heavy atom. The van der Waals surface area contributed by atoms with E-state index < -0.39 is 0 Å². The highest BCUT2D eigenvalue weighted by Gasteiger charge is 2.34. The smallest absolute Gasteiger partial charge is 0.258 e. The highest BCUT2D eigenvalue weighted by molar-refractivity contribution is 7.80. The monoisotopic (exact) mass is 470 g/mol. The summed E-state index contributed by atoms with van der Waals surface area (Å²) in [7, 11) is 0. The second-order valence-corrected chi connectivity index (χ2v) is 8.65. The molecule has 170 valence electrons. The summed E-state index contributed by atoms with van der Waals surface area (Å²) >= 11 is 5.73. The lowest BCUT2D eigenvalue weighted by Crippen LogP contribution is -2.45. The van der Waals surface area contributed by atoms with E-state index in [1.54, 1.807) is 12.1 Å². The molecule has 2 heterocycles. The van der Waals surface area contributed by atoms with E-state index in [-0.39, 0.29) is 18.4 Å². The summed E-state index contributed by atoms with van der Waals surface area (Å²) in [4.78, 5) is 6.59. The van der Waals surface area contributed by atoms with Crippen LogP contribution in [-0.4, -0.2) is 20.2 Å². The molecule has 1 unspecified atom stereocenters. The predicted molar refractivity (Wildman–Crippen MR) is 134 cm³/mol. The maximum absolute atomic E-state index is 14.4. The van der Waals surface area contributed by atoms with E-state index in [0.717, 1.165) is 28.0 Å². The summed E-state index contributed by atoms with van der Waals surface area (Å²) in [5, 5.41) is 8.15. The minimum Gasteiger partial charge on any atom is -0.351 e. The highest BCUT2D eigenvalue weighted by atomic mass is 32.1. The van der Waals surface area contributed by atoms with Crippen LogP contribution in [0.5, 0.6) is 0 Å². The van der Waals surface area contributed by atoms with Crippen LogP contribution in [0.25, 0.3) is 17.0 Å². The number of rotatable bonds is 5. The van der Waals surface area contributed by atoms with Crippen molar-refractivity contribution in [2.24, 2.45) is 0 Å². The molecule has 0 saturated carbocycles. The van der Waals surface area contributed by atoms with Gasteiger partial charge in [0.1, 0.15) is 5.82 Å². The molecule has 7 heteroatoms. The first kappa shape index (κ1) is 22.0. The second kappa shape index (κ2) is 9.19. The van der Waals surface area contributed by atoms with Crippen LogP contribution in [0, 0.1) is 12.7 Å². The number of hydrogen-bond acceptors (Lipinski definition) is 4. The molecule has 1 aliphatic heterocycles. The number of benzene rings is 3. The van der Waals surface area contributed by atoms with Crippen molar-refractivity contribution < 1.29 is 8.91 Å². The Morgan fingerprint density at radius 2 is 1.68 bits per heavy atom. The number of allylic oxidation sites excluding steroid dienone is 1. The molecule has 34 heavy (non-hydrogen) atoms. The van der Waals surface area contributed by atoms with Crippen molar-refractivity contribution in [2.45, 2.75) is 26.4 Å². The molecule has 0 radical (unpaired) electrons. The van der Waals surface area contributed by atoms with Gasteiger partial charge >= 0.3 is 0 Å². The van der Waals surface area contributed by atoms with E-state index in [4.69, 9.17) is 21.7 Å². The van der Waals surface area contributed by atoms with Gasteiger partial charge in [-0.15, -0.1) is 0 Å². The van der Waals surface area contributed by atoms with E-state index in [2.05, 4.69) is 34.7 Å². The average Bonchev–Trinajstić information content (AvgIpc) is 3.33. The summed E-state index contributed by atoms with van der Waals surface area (Å²) in [6.45, 7) is 4.29. The fraction of sp³-hybridized carbons (Fsp3) is 0.148. The lowest BCUT2D eigenvalue weighted by molar-refractivity contribution is 0.395. The van der Waals surface area contributed by atoms with Crippen LogP contribution in [0.15, 0.2) is 89.1 Å². The molecular weight excluding hydrogens is 447 g/mol. The van der Waals surface area contributed by atoms with Gasteiger partial charge in [0.25, 0.3) is 5.89 Å². The lowest BCUT2D eigenvalue weighted by Gasteiger charge is -2.37. The molecule has 0 fully saturated rings. The molecule has 1 atom stereocenters. The number of thiocarbonyl (C=S) groups is 1. The summed E-state index contributed by atoms with van der Waals surface area (Å²) in [6, 6.07) is 24.3. The molecule has 4 aromatic rings. The van der Waals surface area contributed by atoms with Crippen molar-refractivity contribution in [3.05, 3.63) is 113 Å². The van der Waals surface area contributed by atoms with Gasteiger partial charge in [-0.25, -0.2) is 4.39 Å². The molecule has 0 bridgehead atoms. The van der Waals surface area contributed by atoms with Crippen LogP contribution in [-0.2, 0) is 6.54 Å². The van der Waals surface area contributed by atoms with Crippen LogP contribution in [0.2, 0.25) is 0 Å². The van der Waals surface area contributed by atoms with Crippen LogP contribution >= 0.6 is 12.2 Å². The minimum absolute atomic E-state index is 0.274. The van der Waals surface area contributed by atoms with Crippen molar-refractivity contribution in [2.75, 3.05) is 0 Å². The summed E-state index contributed by atoms with van der Waals surface area (Å²) in [5.41, 5.74) is 5.24. The van der Waals surface area contributed by atoms with Crippen LogP contribution < -0.4 is 5.32 Å². The average molecular weight is 471 g/mol. The van der Waals surface area contributed by atoms with Gasteiger partial charge in [0.15, 0.2) is 5.11 Å². The number of aromatic nitrogens is 2. The molecule has 5 rings (SSSR count). The highest BCUT2D eigenvalue weighted by Crippen LogP contribution is 2.38. The first-order valence-electron chi connectivity index (χ1n) is 11.0. The Labute approximate surface area is 202 Å². The van der Waals surface area contributed by atoms with Crippen molar-refractivity contribution in [1.29, 1.82) is 0 Å². The number of aryl methyl sites for hydroxylation is 1. The minimum atomic E-state index is -0.283. The van der Waals surface area contributed by atoms with Crippen LogP contribution in [0.1, 0.15) is 35.5 Å². The summed E-state index contributed by atoms with van der Waals surface area (Å²) < 4.78 is 20.2. The topological polar surface area (TPSA) is 54.2 Å². The first-order valence-corrected chi connectivity index (χ1v) is 11.4. The third kappa shape index (κ3) is 4.22. The zero-order chi connectivity index (χ0) is 23.7. The van der Waals surface area contributed by atoms with E-state index in [1.807, 2.05) is 55.1 Å². The molecule has 1 aliphatic rings. The molecule has 0 spiro atoms. The molecule has 0 amide bonds. The zero-order valence-corrected chi connectivity index (χ0v) is 19.6. The van der Waals surface area contributed by atoms with E-state index in [1.165, 1.54) is 6.07 Å². The maximum atomic E-state index is 14.4. The Kier molecular flexibility index (Phi) is 5.94. The first-order chi connectivity index (χ1) is 16.5. The van der Waals surface area contributed by atoms with Crippen LogP contribution in [0.4, 0.5) is 4.39 Å². The van der Waals surface area contributed by atoms with E-state index in [9.17, 15) is 4.39 Å². The number of hydrogen-bond donors (Lipinski definition) is 1. The molecular formula is C27H23FN4OS. The zero-order valence-electron chi connectivity index (χ0n) is 18.8. The Morgan fingerprint density at radius 3 is 2.41 bits per heavy atom. The molecule has 0 saturated heterocycles. The van der Waals surface area contributed by atoms with Gasteiger partial charge in [-0.3, -0.25) is 0 Å². The fourth-order valence-electron chi connectivity index (χ4n) is 4.09. The van der Waals surface area contributed by atoms with Gasteiger partial charge in [-0.2, -0.15) is 4.98 Å². The van der Waals surface area contributed by atoms with Gasteiger partial charge < -0.3 is 14.7 Å². The summed E-state index contributed by atoms with van der Waals surface area (Å²) in [6.07, 6.45) is 0. The SMILES string of the molecule is CC1=C(c2nc(-c3ccccc3)no2)C(c2ccc(C)cc2)NC(=S)N1Cc1ccccc1F. The molecule has 5 nitrogen and oxygen atoms in total. The Hall–Kier alpha value is -3.84. The van der Waals surface area contributed by atoms with E-state index in [0.29, 0.717) is 22.4 Å². The van der Waals surface area contributed by atoms with Crippen molar-refractivity contribution in [3.63, 3.8) is 0 Å². The standard InChI is InChI=1S/C27H23FN4OS/c1-17-12-14-19(15-13-17)24-23(26-30-25(31-33-26)20-8-4-3-5-9-20)18(2)32(27(34)29-24)16-21-10-6-7-11-22(21)28/h3-15,24H,16H2,1-2H3,(H,29,34). The van der Waals surface area contributed by atoms with Crippen molar-refractivity contribution >= 4 is 22.9 Å². The normalized spacial score (nSPS) is 16.0. The van der Waals surface area contributed by atoms with Gasteiger partial charge in [0.2, 0.25) is 5.82 Å². The van der Waals surface area contributed by atoms with Crippen molar-refractivity contribution in [1.82, 2.24) is 20.4 Å². The largest absolute Gasteiger partial charge is 0.351 e. The third-order valence-corrected chi connectivity index (χ3v) is 6.32. The number of nitrogens with zero attached hydrogens (tertiary/aromatic N) is 3. The Balaban J connectivity index is 1.61. The quantitative estimate of drug-likeness (QED) is 0.359. The molecule has 3 aromatic carbocycles. The molecule has 1 N–H and O–H groups in total. The van der Waals surface area contributed by atoms with Crippen molar-refractivity contribution in [3.8, 4) is 11.4 Å². The molecule has 0 aliphatic carbocycles. The lowest BCUT2D eigenvalue weighted by atomic mass is 9.94. The van der Waals surface area contributed by atoms with Gasteiger partial charge in [-0.05, 0) is 37.7 Å². The van der Waals surface area contributed by atoms with E-state index >= 15 is 0 Å². The number of halogens is 1. The fourth-order valence-corrected chi connectivity index (χ4v) is 4.41. The molecule has 1 aromatic heterocycles. The van der Waals surface area contributed by atoms with Gasteiger partial charge in [-0.1, -0.05) is 83.5 Å². The third-order valence-electron chi connectivity index (χ3n) is 5.98. The second-order valence-electron chi connectivity index (χ2n) is 8.26. The Bertz CT molecular complexity index is 1360. The number of nitrogens with one attached hydrogen (secondary N) is 1. The maximum Gasteiger partial charge on any atom is 0.258 e. The summed E-state index contributed by atoms with van der Waals surface area (Å²) in [5.74, 6) is 0.632. The van der Waals surface area contributed by atoms with Crippen LogP contribution in [0.3, 0.4) is 0 Å². The van der Waals surface area contributed by atoms with Gasteiger partial charge in [0.05, 0.1) is 18.2 Å². The predicted octanol–water partition coefficient (Wildman–Crippen LogP) is 6.05.